The van der Waals surface area contributed by atoms with Crippen LogP contribution in [0.2, 0.25) is 0 Å². The average molecular weight is 233 g/mol. The molecule has 1 atom stereocenters. The van der Waals surface area contributed by atoms with Gasteiger partial charge in [-0.1, -0.05) is 12.1 Å². The van der Waals surface area contributed by atoms with Gasteiger partial charge in [0.2, 0.25) is 0 Å². The number of rotatable bonds is 4. The summed E-state index contributed by atoms with van der Waals surface area (Å²) in [6, 6.07) is 5.00. The molecular weight excluding hydrogens is 221 g/mol. The topological polar surface area (TPSA) is 80.4 Å². The van der Waals surface area contributed by atoms with Gasteiger partial charge in [0, 0.05) is 6.04 Å². The lowest BCUT2D eigenvalue weighted by atomic mass is 10.1. The largest absolute Gasteiger partial charge is 0.326 e. The van der Waals surface area contributed by atoms with Gasteiger partial charge < -0.3 is 5.73 Å². The van der Waals surface area contributed by atoms with Crippen molar-refractivity contribution in [3.8, 4) is 0 Å². The molecule has 0 bridgehead atoms. The molecule has 84 valence electrons. The second kappa shape index (κ2) is 4.69. The van der Waals surface area contributed by atoms with Crippen LogP contribution >= 0.6 is 0 Å². The Morgan fingerprint density at radius 2 is 2.13 bits per heavy atom. The van der Waals surface area contributed by atoms with E-state index in [1.54, 1.807) is 6.07 Å². The molecule has 0 saturated heterocycles. The van der Waals surface area contributed by atoms with E-state index in [0.29, 0.717) is 5.56 Å². The standard InChI is InChI=1S/C9H12FNO3S/c10-8-3-1-2-7(4-8)5-9(11)6-15(12,13)14/h1-4,9H,5-6,11H2,(H,12,13,14)/t9-/m0/s1. The normalized spacial score (nSPS) is 13.8. The SMILES string of the molecule is N[C@@H](Cc1cccc(F)c1)CS(=O)(=O)O. The summed E-state index contributed by atoms with van der Waals surface area (Å²) in [5.74, 6) is -0.921. The minimum absolute atomic E-state index is 0.206. The Bertz CT molecular complexity index is 433. The van der Waals surface area contributed by atoms with Gasteiger partial charge in [-0.3, -0.25) is 4.55 Å². The van der Waals surface area contributed by atoms with E-state index in [-0.39, 0.29) is 6.42 Å². The second-order valence-electron chi connectivity index (χ2n) is 3.34. The predicted octanol–water partition coefficient (Wildman–Crippen LogP) is 0.583. The zero-order valence-corrected chi connectivity index (χ0v) is 8.74. The minimum Gasteiger partial charge on any atom is -0.326 e. The number of benzene rings is 1. The highest BCUT2D eigenvalue weighted by Crippen LogP contribution is 2.06. The lowest BCUT2D eigenvalue weighted by Crippen LogP contribution is -2.31. The molecule has 4 nitrogen and oxygen atoms in total. The minimum atomic E-state index is -4.07. The third-order valence-corrected chi connectivity index (χ3v) is 2.66. The molecule has 1 aromatic carbocycles. The summed E-state index contributed by atoms with van der Waals surface area (Å²) < 4.78 is 42.3. The van der Waals surface area contributed by atoms with E-state index in [9.17, 15) is 12.8 Å². The molecule has 0 spiro atoms. The van der Waals surface area contributed by atoms with E-state index in [4.69, 9.17) is 10.3 Å². The lowest BCUT2D eigenvalue weighted by molar-refractivity contribution is 0.476. The molecule has 0 fully saturated rings. The molecule has 0 aliphatic carbocycles. The van der Waals surface area contributed by atoms with Crippen molar-refractivity contribution in [2.24, 2.45) is 5.73 Å². The van der Waals surface area contributed by atoms with Crippen LogP contribution in [0.3, 0.4) is 0 Å². The van der Waals surface area contributed by atoms with E-state index >= 15 is 0 Å². The summed E-state index contributed by atoms with van der Waals surface area (Å²) >= 11 is 0. The van der Waals surface area contributed by atoms with Gasteiger partial charge in [-0.2, -0.15) is 8.42 Å². The summed E-state index contributed by atoms with van der Waals surface area (Å²) in [5, 5.41) is 0. The van der Waals surface area contributed by atoms with Crippen LogP contribution in [0.25, 0.3) is 0 Å². The molecule has 0 aromatic heterocycles. The predicted molar refractivity (Wildman–Crippen MR) is 54.5 cm³/mol. The summed E-state index contributed by atoms with van der Waals surface area (Å²) in [7, 11) is -4.07. The van der Waals surface area contributed by atoms with Crippen LogP contribution in [-0.4, -0.2) is 24.8 Å². The van der Waals surface area contributed by atoms with E-state index < -0.39 is 27.7 Å². The van der Waals surface area contributed by atoms with Crippen molar-refractivity contribution in [2.45, 2.75) is 12.5 Å². The molecule has 0 unspecified atom stereocenters. The van der Waals surface area contributed by atoms with Crippen molar-refractivity contribution < 1.29 is 17.4 Å². The van der Waals surface area contributed by atoms with E-state index in [0.717, 1.165) is 0 Å². The first-order valence-corrected chi connectivity index (χ1v) is 5.93. The zero-order chi connectivity index (χ0) is 11.5. The summed E-state index contributed by atoms with van der Waals surface area (Å²) in [6.45, 7) is 0. The van der Waals surface area contributed by atoms with Crippen molar-refractivity contribution in [1.82, 2.24) is 0 Å². The maximum Gasteiger partial charge on any atom is 0.266 e. The molecule has 15 heavy (non-hydrogen) atoms. The highest BCUT2D eigenvalue weighted by atomic mass is 32.2. The molecule has 0 saturated carbocycles. The van der Waals surface area contributed by atoms with E-state index in [1.165, 1.54) is 18.2 Å². The third-order valence-electron chi connectivity index (χ3n) is 1.81. The van der Waals surface area contributed by atoms with Crippen molar-refractivity contribution in [3.05, 3.63) is 35.6 Å². The van der Waals surface area contributed by atoms with Gasteiger partial charge in [-0.15, -0.1) is 0 Å². The molecule has 6 heteroatoms. The fraction of sp³-hybridized carbons (Fsp3) is 0.333. The van der Waals surface area contributed by atoms with Crippen LogP contribution in [0.5, 0.6) is 0 Å². The van der Waals surface area contributed by atoms with Crippen molar-refractivity contribution in [2.75, 3.05) is 5.75 Å². The van der Waals surface area contributed by atoms with E-state index in [1.807, 2.05) is 0 Å². The quantitative estimate of drug-likeness (QED) is 0.745. The Hall–Kier alpha value is -0.980. The molecule has 0 amide bonds. The Labute approximate surface area is 87.7 Å². The van der Waals surface area contributed by atoms with Crippen molar-refractivity contribution in [3.63, 3.8) is 0 Å². The molecular formula is C9H12FNO3S. The Balaban J connectivity index is 2.63. The van der Waals surface area contributed by atoms with E-state index in [2.05, 4.69) is 0 Å². The van der Waals surface area contributed by atoms with Crippen LogP contribution in [0.4, 0.5) is 4.39 Å². The molecule has 1 rings (SSSR count). The van der Waals surface area contributed by atoms with Gasteiger partial charge in [-0.25, -0.2) is 4.39 Å². The zero-order valence-electron chi connectivity index (χ0n) is 7.93. The van der Waals surface area contributed by atoms with Crippen LogP contribution in [0.15, 0.2) is 24.3 Å². The van der Waals surface area contributed by atoms with Gasteiger partial charge in [0.1, 0.15) is 5.82 Å². The smallest absolute Gasteiger partial charge is 0.266 e. The lowest BCUT2D eigenvalue weighted by Gasteiger charge is -2.09. The van der Waals surface area contributed by atoms with Crippen molar-refractivity contribution in [1.29, 1.82) is 0 Å². The second-order valence-corrected chi connectivity index (χ2v) is 4.84. The van der Waals surface area contributed by atoms with Gasteiger partial charge in [-0.05, 0) is 24.1 Å². The average Bonchev–Trinajstić information content (AvgIpc) is 1.99. The molecule has 0 aliphatic rings. The first-order chi connectivity index (χ1) is 6.87. The molecule has 0 heterocycles. The Morgan fingerprint density at radius 1 is 1.47 bits per heavy atom. The number of hydrogen-bond acceptors (Lipinski definition) is 3. The van der Waals surface area contributed by atoms with Crippen molar-refractivity contribution >= 4 is 10.1 Å². The van der Waals surface area contributed by atoms with Crippen LogP contribution in [0, 0.1) is 5.82 Å². The van der Waals surface area contributed by atoms with Gasteiger partial charge in [0.05, 0.1) is 5.75 Å². The molecule has 1 aromatic rings. The summed E-state index contributed by atoms with van der Waals surface area (Å²) in [4.78, 5) is 0. The summed E-state index contributed by atoms with van der Waals surface area (Å²) in [5.41, 5.74) is 6.08. The molecule has 0 aliphatic heterocycles. The first-order valence-electron chi connectivity index (χ1n) is 4.32. The van der Waals surface area contributed by atoms with Gasteiger partial charge in [0.15, 0.2) is 0 Å². The monoisotopic (exact) mass is 233 g/mol. The first kappa shape index (κ1) is 12.1. The third kappa shape index (κ3) is 4.87. The van der Waals surface area contributed by atoms with Gasteiger partial charge in [0.25, 0.3) is 10.1 Å². The maximum atomic E-state index is 12.7. The van der Waals surface area contributed by atoms with Crippen LogP contribution in [0.1, 0.15) is 5.56 Å². The number of halogens is 1. The number of nitrogens with two attached hydrogens (primary N) is 1. The number of hydrogen-bond donors (Lipinski definition) is 2. The fourth-order valence-electron chi connectivity index (χ4n) is 1.30. The van der Waals surface area contributed by atoms with Crippen LogP contribution < -0.4 is 5.73 Å². The maximum absolute atomic E-state index is 12.7. The molecule has 3 N–H and O–H groups in total. The highest BCUT2D eigenvalue weighted by Gasteiger charge is 2.13. The Kier molecular flexibility index (Phi) is 3.78. The molecule has 0 radical (unpaired) electrons. The Morgan fingerprint density at radius 3 is 2.67 bits per heavy atom. The summed E-state index contributed by atoms with van der Waals surface area (Å²) in [6.07, 6.45) is 0.206. The van der Waals surface area contributed by atoms with Gasteiger partial charge >= 0.3 is 0 Å². The fourth-order valence-corrected chi connectivity index (χ4v) is 1.96. The van der Waals surface area contributed by atoms with Crippen LogP contribution in [-0.2, 0) is 16.5 Å². The highest BCUT2D eigenvalue weighted by molar-refractivity contribution is 7.85.